The van der Waals surface area contributed by atoms with Gasteiger partial charge in [0.15, 0.2) is 12.3 Å². The number of nitriles is 1. The summed E-state index contributed by atoms with van der Waals surface area (Å²) in [4.78, 5) is 16.2. The number of benzene rings is 2. The zero-order valence-electron chi connectivity index (χ0n) is 12.4. The lowest BCUT2D eigenvalue weighted by atomic mass is 10.2. The van der Waals surface area contributed by atoms with Crippen molar-refractivity contribution in [2.75, 3.05) is 6.61 Å². The van der Waals surface area contributed by atoms with Crippen molar-refractivity contribution in [2.45, 2.75) is 0 Å². The number of carbonyl (C=O) groups excluding carboxylic acids is 1. The van der Waals surface area contributed by atoms with Crippen molar-refractivity contribution in [1.82, 2.24) is 0 Å². The molecule has 1 aliphatic heterocycles. The number of hydrogen-bond acceptors (Lipinski definition) is 5. The molecular formula is C18H11ClN2O3. The van der Waals surface area contributed by atoms with Gasteiger partial charge in [0, 0.05) is 10.6 Å². The van der Waals surface area contributed by atoms with Crippen LogP contribution in [-0.4, -0.2) is 18.5 Å². The Bertz CT molecular complexity index is 880. The first kappa shape index (κ1) is 15.8. The second kappa shape index (κ2) is 6.99. The molecule has 0 aliphatic carbocycles. The van der Waals surface area contributed by atoms with Gasteiger partial charge in [0.1, 0.15) is 11.8 Å². The van der Waals surface area contributed by atoms with E-state index in [1.165, 1.54) is 0 Å². The Balaban J connectivity index is 1.82. The molecule has 5 nitrogen and oxygen atoms in total. The molecule has 0 atom stereocenters. The molecule has 0 N–H and O–H groups in total. The van der Waals surface area contributed by atoms with Crippen LogP contribution in [0.25, 0.3) is 6.08 Å². The fourth-order valence-electron chi connectivity index (χ4n) is 2.09. The van der Waals surface area contributed by atoms with Crippen LogP contribution in [0.4, 0.5) is 0 Å². The number of ether oxygens (including phenoxy) is 2. The molecule has 0 fully saturated rings. The smallest absolute Gasteiger partial charge is 0.363 e. The maximum absolute atomic E-state index is 12.0. The predicted octanol–water partition coefficient (Wildman–Crippen LogP) is 3.59. The van der Waals surface area contributed by atoms with E-state index in [0.29, 0.717) is 16.3 Å². The molecule has 0 saturated carbocycles. The zero-order valence-corrected chi connectivity index (χ0v) is 13.2. The minimum atomic E-state index is -0.519. The number of nitrogens with zero attached hydrogens (tertiary/aromatic N) is 2. The molecule has 24 heavy (non-hydrogen) atoms. The molecule has 0 unspecified atom stereocenters. The number of aliphatic imine (C=N–C) groups is 1. The van der Waals surface area contributed by atoms with Gasteiger partial charge in [0.25, 0.3) is 0 Å². The van der Waals surface area contributed by atoms with Crippen molar-refractivity contribution in [1.29, 1.82) is 5.26 Å². The summed E-state index contributed by atoms with van der Waals surface area (Å²) in [6.07, 6.45) is 1.62. The molecule has 3 rings (SSSR count). The Morgan fingerprint density at radius 3 is 2.75 bits per heavy atom. The molecule has 0 spiro atoms. The third-order valence-corrected chi connectivity index (χ3v) is 3.41. The minimum Gasteiger partial charge on any atom is -0.479 e. The summed E-state index contributed by atoms with van der Waals surface area (Å²) in [7, 11) is 0. The Morgan fingerprint density at radius 2 is 2.04 bits per heavy atom. The van der Waals surface area contributed by atoms with E-state index in [2.05, 4.69) is 4.99 Å². The minimum absolute atomic E-state index is 0.0138. The highest BCUT2D eigenvalue weighted by Gasteiger charge is 2.24. The summed E-state index contributed by atoms with van der Waals surface area (Å²) >= 11 is 5.93. The van der Waals surface area contributed by atoms with Gasteiger partial charge < -0.3 is 9.47 Å². The van der Waals surface area contributed by atoms with E-state index < -0.39 is 5.97 Å². The van der Waals surface area contributed by atoms with Gasteiger partial charge in [0.05, 0.1) is 0 Å². The standard InChI is InChI=1S/C18H11ClN2O3/c19-14-3-1-2-13(11-14)17-21-16(18(22)24-17)10-12-4-6-15(7-5-12)23-9-8-20/h1-7,10-11H,9H2/b16-10-. The number of carbonyl (C=O) groups is 1. The van der Waals surface area contributed by atoms with Crippen molar-refractivity contribution in [3.8, 4) is 11.8 Å². The lowest BCUT2D eigenvalue weighted by molar-refractivity contribution is -0.129. The molecule has 0 bridgehead atoms. The summed E-state index contributed by atoms with van der Waals surface area (Å²) in [6.45, 7) is -0.0138. The van der Waals surface area contributed by atoms with E-state index in [4.69, 9.17) is 26.3 Å². The molecule has 0 saturated heterocycles. The first-order chi connectivity index (χ1) is 11.7. The SMILES string of the molecule is N#CCOc1ccc(/C=C2\N=C(c3cccc(Cl)c3)OC2=O)cc1. The van der Waals surface area contributed by atoms with E-state index in [1.54, 1.807) is 54.6 Å². The summed E-state index contributed by atoms with van der Waals surface area (Å²) in [5.41, 5.74) is 1.61. The lowest BCUT2D eigenvalue weighted by Crippen LogP contribution is -2.05. The highest BCUT2D eigenvalue weighted by Crippen LogP contribution is 2.21. The fraction of sp³-hybridized carbons (Fsp3) is 0.0556. The van der Waals surface area contributed by atoms with Gasteiger partial charge in [-0.1, -0.05) is 29.8 Å². The van der Waals surface area contributed by atoms with E-state index in [0.717, 1.165) is 5.56 Å². The maximum atomic E-state index is 12.0. The molecule has 1 heterocycles. The van der Waals surface area contributed by atoms with Gasteiger partial charge in [0.2, 0.25) is 5.90 Å². The molecule has 0 aromatic heterocycles. The maximum Gasteiger partial charge on any atom is 0.363 e. The normalized spacial score (nSPS) is 14.9. The lowest BCUT2D eigenvalue weighted by Gasteiger charge is -2.01. The van der Waals surface area contributed by atoms with Crippen LogP contribution in [0.1, 0.15) is 11.1 Å². The monoisotopic (exact) mass is 338 g/mol. The molecule has 2 aromatic carbocycles. The second-order valence-electron chi connectivity index (χ2n) is 4.86. The summed E-state index contributed by atoms with van der Waals surface area (Å²) < 4.78 is 10.4. The van der Waals surface area contributed by atoms with Crippen LogP contribution in [0, 0.1) is 11.3 Å². The van der Waals surface area contributed by atoms with Crippen LogP contribution in [0.15, 0.2) is 59.2 Å². The van der Waals surface area contributed by atoms with Crippen molar-refractivity contribution >= 4 is 29.5 Å². The largest absolute Gasteiger partial charge is 0.479 e. The van der Waals surface area contributed by atoms with Gasteiger partial charge in [-0.2, -0.15) is 5.26 Å². The van der Waals surface area contributed by atoms with Crippen LogP contribution < -0.4 is 4.74 Å². The first-order valence-electron chi connectivity index (χ1n) is 7.04. The van der Waals surface area contributed by atoms with E-state index in [9.17, 15) is 4.79 Å². The average molecular weight is 339 g/mol. The molecule has 2 aromatic rings. The molecule has 1 aliphatic rings. The van der Waals surface area contributed by atoms with E-state index in [1.807, 2.05) is 6.07 Å². The van der Waals surface area contributed by atoms with Crippen LogP contribution >= 0.6 is 11.6 Å². The van der Waals surface area contributed by atoms with Crippen molar-refractivity contribution in [3.63, 3.8) is 0 Å². The van der Waals surface area contributed by atoms with Gasteiger partial charge in [-0.25, -0.2) is 9.79 Å². The molecular weight excluding hydrogens is 328 g/mol. The highest BCUT2D eigenvalue weighted by atomic mass is 35.5. The number of esters is 1. The van der Waals surface area contributed by atoms with Crippen molar-refractivity contribution in [3.05, 3.63) is 70.4 Å². The van der Waals surface area contributed by atoms with E-state index in [-0.39, 0.29) is 18.2 Å². The fourth-order valence-corrected chi connectivity index (χ4v) is 2.28. The highest BCUT2D eigenvalue weighted by molar-refractivity contribution is 6.31. The Morgan fingerprint density at radius 1 is 1.25 bits per heavy atom. The van der Waals surface area contributed by atoms with Gasteiger partial charge in [-0.3, -0.25) is 0 Å². The Kier molecular flexibility index (Phi) is 4.59. The predicted molar refractivity (Wildman–Crippen MR) is 89.6 cm³/mol. The number of rotatable bonds is 4. The number of halogens is 1. The van der Waals surface area contributed by atoms with Crippen LogP contribution in [0.2, 0.25) is 5.02 Å². The summed E-state index contributed by atoms with van der Waals surface area (Å²) in [6, 6.07) is 15.8. The molecule has 6 heteroatoms. The number of cyclic esters (lactones) is 1. The quantitative estimate of drug-likeness (QED) is 0.631. The third-order valence-electron chi connectivity index (χ3n) is 3.18. The van der Waals surface area contributed by atoms with E-state index >= 15 is 0 Å². The summed E-state index contributed by atoms with van der Waals surface area (Å²) in [5.74, 6) is 0.285. The van der Waals surface area contributed by atoms with Crippen LogP contribution in [-0.2, 0) is 9.53 Å². The molecule has 118 valence electrons. The third kappa shape index (κ3) is 3.62. The van der Waals surface area contributed by atoms with Crippen molar-refractivity contribution < 1.29 is 14.3 Å². The van der Waals surface area contributed by atoms with Gasteiger partial charge in [-0.05, 0) is 42.0 Å². The number of hydrogen-bond donors (Lipinski definition) is 0. The Hall–Kier alpha value is -3.10. The van der Waals surface area contributed by atoms with Gasteiger partial charge in [-0.15, -0.1) is 0 Å². The second-order valence-corrected chi connectivity index (χ2v) is 5.30. The summed E-state index contributed by atoms with van der Waals surface area (Å²) in [5, 5.41) is 9.02. The van der Waals surface area contributed by atoms with Crippen molar-refractivity contribution in [2.24, 2.45) is 4.99 Å². The van der Waals surface area contributed by atoms with Gasteiger partial charge >= 0.3 is 5.97 Å². The topological polar surface area (TPSA) is 71.7 Å². The molecule has 0 radical (unpaired) electrons. The Labute approximate surface area is 143 Å². The zero-order chi connectivity index (χ0) is 16.9. The first-order valence-corrected chi connectivity index (χ1v) is 7.42. The van der Waals surface area contributed by atoms with Crippen LogP contribution in [0.5, 0.6) is 5.75 Å². The molecule has 0 amide bonds. The van der Waals surface area contributed by atoms with Crippen LogP contribution in [0.3, 0.4) is 0 Å². The average Bonchev–Trinajstić information content (AvgIpc) is 2.95.